The zero-order valence-corrected chi connectivity index (χ0v) is 27.2. The van der Waals surface area contributed by atoms with Crippen LogP contribution in [0.3, 0.4) is 0 Å². The van der Waals surface area contributed by atoms with Crippen LogP contribution in [0.4, 0.5) is 10.5 Å². The van der Waals surface area contributed by atoms with E-state index in [4.69, 9.17) is 4.74 Å². The first-order valence-corrected chi connectivity index (χ1v) is 15.7. The van der Waals surface area contributed by atoms with Crippen molar-refractivity contribution in [3.8, 4) is 11.4 Å². The van der Waals surface area contributed by atoms with Gasteiger partial charge in [0.05, 0.1) is 18.4 Å². The zero-order chi connectivity index (χ0) is 34.1. The number of nitrogens with zero attached hydrogens (tertiary/aromatic N) is 4. The highest BCUT2D eigenvalue weighted by atomic mass is 16.6. The molecule has 0 aliphatic heterocycles. The number of amides is 2. The second-order valence-corrected chi connectivity index (χ2v) is 12.2. The number of aliphatic hydroxyl groups is 1. The van der Waals surface area contributed by atoms with E-state index in [1.54, 1.807) is 63.2 Å². The van der Waals surface area contributed by atoms with Gasteiger partial charge in [0.2, 0.25) is 11.7 Å². The van der Waals surface area contributed by atoms with Gasteiger partial charge in [-0.05, 0) is 33.3 Å². The van der Waals surface area contributed by atoms with Crippen LogP contribution in [0, 0.1) is 0 Å². The molecule has 2 amide bonds. The Morgan fingerprint density at radius 1 is 1.02 bits per heavy atom. The SMILES string of the molecule is CCCCCCN(CC1=C(O)C(=O)CC=C1n1ccccc1=O)C(=O)Cn1c(-c2ccccc2)ncc(NC(=O)OC(C)(C)C)c1=O. The van der Waals surface area contributed by atoms with Crippen LogP contribution in [0.15, 0.2) is 87.9 Å². The Morgan fingerprint density at radius 2 is 1.74 bits per heavy atom. The number of aliphatic hydroxyl groups excluding tert-OH is 1. The van der Waals surface area contributed by atoms with Gasteiger partial charge >= 0.3 is 6.09 Å². The van der Waals surface area contributed by atoms with Gasteiger partial charge in [-0.15, -0.1) is 0 Å². The van der Waals surface area contributed by atoms with Crippen LogP contribution in [0.25, 0.3) is 17.1 Å². The Hall–Kier alpha value is -5.26. The van der Waals surface area contributed by atoms with E-state index in [0.717, 1.165) is 19.3 Å². The van der Waals surface area contributed by atoms with Crippen LogP contribution in [-0.4, -0.2) is 60.6 Å². The number of pyridine rings is 1. The van der Waals surface area contributed by atoms with Crippen molar-refractivity contribution < 1.29 is 24.2 Å². The van der Waals surface area contributed by atoms with Crippen molar-refractivity contribution in [1.82, 2.24) is 19.0 Å². The van der Waals surface area contributed by atoms with E-state index in [9.17, 15) is 29.1 Å². The maximum atomic E-state index is 14.2. The van der Waals surface area contributed by atoms with Crippen LogP contribution in [0.5, 0.6) is 0 Å². The van der Waals surface area contributed by atoms with E-state index in [2.05, 4.69) is 17.2 Å². The molecule has 3 aromatic rings. The van der Waals surface area contributed by atoms with Crippen LogP contribution >= 0.6 is 0 Å². The molecule has 0 fully saturated rings. The monoisotopic (exact) mass is 643 g/mol. The first-order valence-electron chi connectivity index (χ1n) is 15.7. The molecule has 1 aliphatic rings. The molecule has 0 saturated carbocycles. The largest absolute Gasteiger partial charge is 0.504 e. The van der Waals surface area contributed by atoms with E-state index >= 15 is 0 Å². The molecule has 0 radical (unpaired) electrons. The van der Waals surface area contributed by atoms with Gasteiger partial charge in [-0.25, -0.2) is 9.78 Å². The van der Waals surface area contributed by atoms with Crippen LogP contribution in [0.1, 0.15) is 59.8 Å². The molecule has 1 aliphatic carbocycles. The zero-order valence-electron chi connectivity index (χ0n) is 27.2. The predicted octanol–water partition coefficient (Wildman–Crippen LogP) is 5.15. The Kier molecular flexibility index (Phi) is 11.3. The summed E-state index contributed by atoms with van der Waals surface area (Å²) < 4.78 is 7.81. The lowest BCUT2D eigenvalue weighted by molar-refractivity contribution is -0.131. The normalized spacial score (nSPS) is 13.3. The first-order chi connectivity index (χ1) is 22.4. The molecule has 2 N–H and O–H groups in total. The minimum Gasteiger partial charge on any atom is -0.504 e. The molecule has 248 valence electrons. The summed E-state index contributed by atoms with van der Waals surface area (Å²) in [4.78, 5) is 71.8. The molecular weight excluding hydrogens is 602 g/mol. The van der Waals surface area contributed by atoms with Gasteiger partial charge < -0.3 is 14.7 Å². The second-order valence-electron chi connectivity index (χ2n) is 12.2. The summed E-state index contributed by atoms with van der Waals surface area (Å²) in [6.07, 6.45) is 6.74. The number of Topliss-reactive ketones (excluding diaryl/α,β-unsaturated/α-hetero) is 1. The highest BCUT2D eigenvalue weighted by Gasteiger charge is 2.28. The number of ether oxygens (including phenoxy) is 1. The van der Waals surface area contributed by atoms with E-state index in [1.165, 1.54) is 32.5 Å². The lowest BCUT2D eigenvalue weighted by Gasteiger charge is -2.28. The summed E-state index contributed by atoms with van der Waals surface area (Å²) in [5.74, 6) is -1.33. The molecule has 0 unspecified atom stereocenters. The van der Waals surface area contributed by atoms with Crippen molar-refractivity contribution >= 4 is 29.2 Å². The van der Waals surface area contributed by atoms with Crippen molar-refractivity contribution in [2.24, 2.45) is 0 Å². The molecule has 0 atom stereocenters. The maximum Gasteiger partial charge on any atom is 0.412 e. The third kappa shape index (κ3) is 8.93. The van der Waals surface area contributed by atoms with Gasteiger partial charge in [0.25, 0.3) is 11.1 Å². The molecule has 12 heteroatoms. The summed E-state index contributed by atoms with van der Waals surface area (Å²) >= 11 is 0. The topological polar surface area (TPSA) is 153 Å². The van der Waals surface area contributed by atoms with Gasteiger partial charge in [0.1, 0.15) is 23.7 Å². The van der Waals surface area contributed by atoms with Gasteiger partial charge in [-0.1, -0.05) is 68.7 Å². The fourth-order valence-electron chi connectivity index (χ4n) is 5.13. The lowest BCUT2D eigenvalue weighted by atomic mass is 9.99. The Bertz CT molecular complexity index is 1800. The number of ketones is 1. The van der Waals surface area contributed by atoms with Crippen LogP contribution in [0.2, 0.25) is 0 Å². The fraction of sp³-hybridized carbons (Fsp3) is 0.371. The van der Waals surface area contributed by atoms with E-state index in [0.29, 0.717) is 17.7 Å². The van der Waals surface area contributed by atoms with Crippen molar-refractivity contribution in [2.45, 2.75) is 71.9 Å². The van der Waals surface area contributed by atoms with Crippen molar-refractivity contribution in [2.75, 3.05) is 18.4 Å². The molecule has 12 nitrogen and oxygen atoms in total. The van der Waals surface area contributed by atoms with Crippen molar-refractivity contribution in [1.29, 1.82) is 0 Å². The Balaban J connectivity index is 1.73. The highest BCUT2D eigenvalue weighted by Crippen LogP contribution is 2.26. The second kappa shape index (κ2) is 15.4. The quantitative estimate of drug-likeness (QED) is 0.257. The lowest BCUT2D eigenvalue weighted by Crippen LogP contribution is -2.41. The fourth-order valence-corrected chi connectivity index (χ4v) is 5.13. The summed E-state index contributed by atoms with van der Waals surface area (Å²) in [5, 5.41) is 13.4. The predicted molar refractivity (Wildman–Crippen MR) is 179 cm³/mol. The number of unbranched alkanes of at least 4 members (excludes halogenated alkanes) is 3. The number of nitrogens with one attached hydrogen (secondary N) is 1. The number of benzene rings is 1. The third-order valence-electron chi connectivity index (χ3n) is 7.41. The number of hydrogen-bond donors (Lipinski definition) is 2. The van der Waals surface area contributed by atoms with E-state index in [-0.39, 0.29) is 42.2 Å². The molecule has 0 saturated heterocycles. The molecule has 4 rings (SSSR count). The van der Waals surface area contributed by atoms with Crippen LogP contribution in [-0.2, 0) is 20.9 Å². The molecule has 1 aromatic carbocycles. The average Bonchev–Trinajstić information content (AvgIpc) is 3.02. The Labute approximate surface area is 273 Å². The number of allylic oxidation sites excluding steroid dienone is 2. The smallest absolute Gasteiger partial charge is 0.412 e. The minimum absolute atomic E-state index is 0.102. The maximum absolute atomic E-state index is 14.2. The number of anilines is 1. The molecular formula is C35H41N5O7. The van der Waals surface area contributed by atoms with E-state index in [1.807, 2.05) is 6.07 Å². The number of hydrogen-bond acceptors (Lipinski definition) is 8. The minimum atomic E-state index is -0.848. The first kappa shape index (κ1) is 34.6. The van der Waals surface area contributed by atoms with Gasteiger partial charge in [0.15, 0.2) is 5.76 Å². The molecule has 0 bridgehead atoms. The van der Waals surface area contributed by atoms with Gasteiger partial charge in [-0.2, -0.15) is 0 Å². The standard InChI is InChI=1S/C35H41N5O7/c1-5-6-7-12-19-38(22-25-27(17-18-28(41)31(25)44)39-20-13-11-16-29(39)42)30(43)23-40-32(24-14-9-8-10-15-24)36-21-26(33(40)45)37-34(46)47-35(2,3)4/h8-11,13-17,20-21,44H,5-7,12,18-19,22-23H2,1-4H3,(H,37,46). The summed E-state index contributed by atoms with van der Waals surface area (Å²) in [7, 11) is 0. The average molecular weight is 644 g/mol. The molecule has 2 heterocycles. The van der Waals surface area contributed by atoms with Crippen molar-refractivity contribution in [3.05, 3.63) is 99.0 Å². The number of carbonyl (C=O) groups is 3. The van der Waals surface area contributed by atoms with Crippen LogP contribution < -0.4 is 16.4 Å². The number of rotatable bonds is 12. The number of carbonyl (C=O) groups excluding carboxylic acids is 3. The van der Waals surface area contributed by atoms with Gasteiger partial charge in [-0.3, -0.25) is 33.6 Å². The molecule has 0 spiro atoms. The van der Waals surface area contributed by atoms with E-state index < -0.39 is 41.2 Å². The van der Waals surface area contributed by atoms with Crippen molar-refractivity contribution in [3.63, 3.8) is 0 Å². The summed E-state index contributed by atoms with van der Waals surface area (Å²) in [6.45, 7) is 6.76. The summed E-state index contributed by atoms with van der Waals surface area (Å²) in [6, 6.07) is 13.5. The molecule has 47 heavy (non-hydrogen) atoms. The number of aromatic nitrogens is 3. The third-order valence-corrected chi connectivity index (χ3v) is 7.41. The Morgan fingerprint density at radius 3 is 2.43 bits per heavy atom. The van der Waals surface area contributed by atoms with Gasteiger partial charge in [0, 0.05) is 36.4 Å². The molecule has 2 aromatic heterocycles. The summed E-state index contributed by atoms with van der Waals surface area (Å²) in [5.41, 5.74) is -1.00. The highest BCUT2D eigenvalue weighted by molar-refractivity contribution is 6.01.